The van der Waals surface area contributed by atoms with Crippen LogP contribution in [0.2, 0.25) is 0 Å². The molecule has 4 aromatic rings. The predicted molar refractivity (Wildman–Crippen MR) is 149 cm³/mol. The molecule has 1 aromatic heterocycles. The van der Waals surface area contributed by atoms with Gasteiger partial charge in [-0.2, -0.15) is 5.10 Å². The Bertz CT molecular complexity index is 1470. The Morgan fingerprint density at radius 1 is 0.775 bits per heavy atom. The van der Waals surface area contributed by atoms with E-state index in [9.17, 15) is 9.90 Å². The molecule has 10 nitrogen and oxygen atoms in total. The third-order valence-electron chi connectivity index (χ3n) is 6.32. The molecule has 0 saturated carbocycles. The average Bonchev–Trinajstić information content (AvgIpc) is 3.41. The molecule has 0 fully saturated rings. The van der Waals surface area contributed by atoms with E-state index < -0.39 is 12.6 Å². The first-order valence-electron chi connectivity index (χ1n) is 12.5. The number of aromatic nitrogens is 2. The second-order valence-electron chi connectivity index (χ2n) is 8.62. The molecule has 210 valence electrons. The summed E-state index contributed by atoms with van der Waals surface area (Å²) in [5.74, 6) is 1.15. The number of aryl methyl sites for hydroxylation is 2. The van der Waals surface area contributed by atoms with Crippen LogP contribution in [0.1, 0.15) is 5.56 Å². The number of carboxylic acid groups (broad SMARTS) is 1. The minimum atomic E-state index is -1.13. The number of hydrogen-bond acceptors (Lipinski definition) is 8. The smallest absolute Gasteiger partial charge is 0.341 e. The minimum absolute atomic E-state index is 0.216. The van der Waals surface area contributed by atoms with E-state index in [0.717, 1.165) is 16.8 Å². The highest BCUT2D eigenvalue weighted by atomic mass is 16.5. The van der Waals surface area contributed by atoms with Crippen molar-refractivity contribution in [2.24, 2.45) is 0 Å². The number of carboxylic acids is 1. The van der Waals surface area contributed by atoms with Gasteiger partial charge in [0.1, 0.15) is 11.4 Å². The van der Waals surface area contributed by atoms with Crippen LogP contribution < -0.4 is 28.4 Å². The molecule has 0 aliphatic rings. The van der Waals surface area contributed by atoms with Gasteiger partial charge in [-0.3, -0.25) is 4.68 Å². The van der Waals surface area contributed by atoms with E-state index in [1.165, 1.54) is 21.3 Å². The van der Waals surface area contributed by atoms with Gasteiger partial charge in [0.05, 0.1) is 46.8 Å². The fourth-order valence-electron chi connectivity index (χ4n) is 4.52. The van der Waals surface area contributed by atoms with Gasteiger partial charge in [0.15, 0.2) is 29.6 Å². The van der Waals surface area contributed by atoms with Gasteiger partial charge in [-0.25, -0.2) is 4.79 Å². The minimum Gasteiger partial charge on any atom is -0.493 e. The van der Waals surface area contributed by atoms with E-state index in [2.05, 4.69) is 12.1 Å². The van der Waals surface area contributed by atoms with Crippen LogP contribution in [0, 0.1) is 0 Å². The van der Waals surface area contributed by atoms with Crippen LogP contribution in [0.5, 0.6) is 34.5 Å². The molecule has 0 amide bonds. The van der Waals surface area contributed by atoms with Crippen molar-refractivity contribution in [1.82, 2.24) is 9.78 Å². The molecule has 10 heteroatoms. The highest BCUT2D eigenvalue weighted by Crippen LogP contribution is 2.50. The molecule has 0 saturated heterocycles. The fourth-order valence-corrected chi connectivity index (χ4v) is 4.52. The van der Waals surface area contributed by atoms with E-state index in [1.807, 2.05) is 47.1 Å². The third-order valence-corrected chi connectivity index (χ3v) is 6.32. The number of methoxy groups -OCH3 is 5. The molecule has 1 N–H and O–H groups in total. The number of benzene rings is 3. The van der Waals surface area contributed by atoms with Crippen LogP contribution in [0.4, 0.5) is 0 Å². The quantitative estimate of drug-likeness (QED) is 0.248. The van der Waals surface area contributed by atoms with Crippen LogP contribution in [-0.2, 0) is 17.8 Å². The third kappa shape index (κ3) is 5.75. The number of carbonyl (C=O) groups is 1. The maximum Gasteiger partial charge on any atom is 0.341 e. The Labute approximate surface area is 232 Å². The second-order valence-corrected chi connectivity index (χ2v) is 8.62. The number of hydrogen-bond donors (Lipinski definition) is 1. The van der Waals surface area contributed by atoms with Crippen molar-refractivity contribution in [1.29, 1.82) is 0 Å². The van der Waals surface area contributed by atoms with Crippen molar-refractivity contribution in [2.45, 2.75) is 13.0 Å². The first-order chi connectivity index (χ1) is 19.4. The lowest BCUT2D eigenvalue weighted by molar-refractivity contribution is -0.139. The standard InChI is InChI=1S/C30H32N2O8/c1-35-23-13-9-12-20(28(23)37-3)22-16-21(31-32(22)15-14-19-10-7-6-8-11-19)27-24(40-18-26(33)34)17-25(36-2)29(38-4)30(27)39-5/h6-13,16-17H,14-15,18H2,1-5H3,(H,33,34). The Morgan fingerprint density at radius 2 is 1.48 bits per heavy atom. The summed E-state index contributed by atoms with van der Waals surface area (Å²) >= 11 is 0. The van der Waals surface area contributed by atoms with E-state index in [-0.39, 0.29) is 5.75 Å². The summed E-state index contributed by atoms with van der Waals surface area (Å²) in [7, 11) is 7.62. The van der Waals surface area contributed by atoms with Crippen LogP contribution in [0.25, 0.3) is 22.5 Å². The maximum atomic E-state index is 11.4. The lowest BCUT2D eigenvalue weighted by atomic mass is 10.0. The first-order valence-corrected chi connectivity index (χ1v) is 12.5. The lowest BCUT2D eigenvalue weighted by Gasteiger charge is -2.18. The molecule has 0 radical (unpaired) electrons. The molecule has 3 aromatic carbocycles. The fraction of sp³-hybridized carbons (Fsp3) is 0.267. The molecule has 0 bridgehead atoms. The van der Waals surface area contributed by atoms with Crippen molar-refractivity contribution >= 4 is 5.97 Å². The molecule has 0 spiro atoms. The monoisotopic (exact) mass is 548 g/mol. The summed E-state index contributed by atoms with van der Waals surface area (Å²) in [5.41, 5.74) is 3.56. The Kier molecular flexibility index (Phi) is 9.00. The molecule has 1 heterocycles. The van der Waals surface area contributed by atoms with E-state index in [0.29, 0.717) is 53.0 Å². The number of aliphatic carboxylic acids is 1. The van der Waals surface area contributed by atoms with Crippen molar-refractivity contribution in [3.63, 3.8) is 0 Å². The van der Waals surface area contributed by atoms with Crippen LogP contribution in [-0.4, -0.2) is 63.0 Å². The molecular formula is C30H32N2O8. The zero-order chi connectivity index (χ0) is 28.6. The summed E-state index contributed by atoms with van der Waals surface area (Å²) in [6.07, 6.45) is 0.715. The van der Waals surface area contributed by atoms with Crippen molar-refractivity contribution in [3.8, 4) is 57.0 Å². The zero-order valence-electron chi connectivity index (χ0n) is 23.1. The van der Waals surface area contributed by atoms with Crippen molar-refractivity contribution in [3.05, 3.63) is 66.2 Å². The molecule has 0 aliphatic heterocycles. The molecule has 0 unspecified atom stereocenters. The summed E-state index contributed by atoms with van der Waals surface area (Å²) in [6, 6.07) is 19.2. The van der Waals surface area contributed by atoms with Gasteiger partial charge in [0, 0.05) is 18.2 Å². The summed E-state index contributed by atoms with van der Waals surface area (Å²) in [4.78, 5) is 11.4. The van der Waals surface area contributed by atoms with E-state index in [1.54, 1.807) is 20.3 Å². The summed E-state index contributed by atoms with van der Waals surface area (Å²) < 4.78 is 35.7. The molecule has 4 rings (SSSR count). The Hall–Kier alpha value is -4.86. The van der Waals surface area contributed by atoms with Crippen LogP contribution >= 0.6 is 0 Å². The topological polar surface area (TPSA) is 111 Å². The molecular weight excluding hydrogens is 516 g/mol. The van der Waals surface area contributed by atoms with Gasteiger partial charge in [0.25, 0.3) is 0 Å². The van der Waals surface area contributed by atoms with Gasteiger partial charge < -0.3 is 33.5 Å². The zero-order valence-corrected chi connectivity index (χ0v) is 23.1. The largest absolute Gasteiger partial charge is 0.493 e. The van der Waals surface area contributed by atoms with Gasteiger partial charge in [0.2, 0.25) is 5.75 Å². The maximum absolute atomic E-state index is 11.4. The second kappa shape index (κ2) is 12.8. The number of rotatable bonds is 13. The first kappa shape index (κ1) is 28.2. The molecule has 0 aliphatic carbocycles. The predicted octanol–water partition coefficient (Wildman–Crippen LogP) is 4.97. The van der Waals surface area contributed by atoms with Gasteiger partial charge >= 0.3 is 5.97 Å². The average molecular weight is 549 g/mol. The van der Waals surface area contributed by atoms with Gasteiger partial charge in [-0.1, -0.05) is 36.4 Å². The highest BCUT2D eigenvalue weighted by Gasteiger charge is 2.27. The summed E-state index contributed by atoms with van der Waals surface area (Å²) in [5, 5.41) is 14.3. The van der Waals surface area contributed by atoms with Gasteiger partial charge in [-0.15, -0.1) is 0 Å². The van der Waals surface area contributed by atoms with Crippen LogP contribution in [0.3, 0.4) is 0 Å². The van der Waals surface area contributed by atoms with E-state index in [4.69, 9.17) is 33.5 Å². The van der Waals surface area contributed by atoms with Gasteiger partial charge in [-0.05, 0) is 30.2 Å². The molecule has 0 atom stereocenters. The Balaban J connectivity index is 1.95. The van der Waals surface area contributed by atoms with E-state index >= 15 is 0 Å². The van der Waals surface area contributed by atoms with Crippen molar-refractivity contribution in [2.75, 3.05) is 42.2 Å². The number of nitrogens with zero attached hydrogens (tertiary/aromatic N) is 2. The molecule has 40 heavy (non-hydrogen) atoms. The number of ether oxygens (including phenoxy) is 6. The normalized spacial score (nSPS) is 10.6. The Morgan fingerprint density at radius 3 is 2.10 bits per heavy atom. The number of para-hydroxylation sites is 1. The van der Waals surface area contributed by atoms with Crippen LogP contribution in [0.15, 0.2) is 60.7 Å². The lowest BCUT2D eigenvalue weighted by Crippen LogP contribution is -2.11. The highest BCUT2D eigenvalue weighted by molar-refractivity contribution is 5.84. The van der Waals surface area contributed by atoms with Crippen molar-refractivity contribution < 1.29 is 38.3 Å². The SMILES string of the molecule is COc1cccc(-c2cc(-c3c(OCC(=O)O)cc(OC)c(OC)c3OC)nn2CCc2ccccc2)c1OC. The summed E-state index contributed by atoms with van der Waals surface area (Å²) in [6.45, 7) is -0.0302.